The van der Waals surface area contributed by atoms with Gasteiger partial charge in [-0.25, -0.2) is 0 Å². The topological polar surface area (TPSA) is 43.8 Å². The van der Waals surface area contributed by atoms with Gasteiger partial charge in [0.05, 0.1) is 6.10 Å². The average molecular weight is 198 g/mol. The van der Waals surface area contributed by atoms with E-state index in [0.29, 0.717) is 18.4 Å². The fourth-order valence-corrected chi connectivity index (χ4v) is 2.47. The highest BCUT2D eigenvalue weighted by Crippen LogP contribution is 2.22. The van der Waals surface area contributed by atoms with E-state index in [1.165, 1.54) is 0 Å². The van der Waals surface area contributed by atoms with E-state index in [0.717, 1.165) is 32.6 Å². The fraction of sp³-hybridized carbons (Fsp3) is 0.900. The Balaban J connectivity index is 1.89. The Bertz CT molecular complexity index is 230. The Kier molecular flexibility index (Phi) is 2.74. The predicted octanol–water partition coefficient (Wildman–Crippen LogP) is -0.326. The summed E-state index contributed by atoms with van der Waals surface area (Å²) in [5.74, 6) is 0.312. The smallest absolute Gasteiger partial charge is 0.222 e. The Morgan fingerprint density at radius 1 is 1.57 bits per heavy atom. The molecule has 0 spiro atoms. The number of β-amino-alcohol motifs (C(OH)–C–C–N with tert-alkyl or cyclic N) is 1. The molecule has 0 bridgehead atoms. The van der Waals surface area contributed by atoms with Crippen molar-refractivity contribution in [1.82, 2.24) is 9.80 Å². The van der Waals surface area contributed by atoms with Crippen molar-refractivity contribution in [3.63, 3.8) is 0 Å². The van der Waals surface area contributed by atoms with Crippen LogP contribution in [0.1, 0.15) is 19.8 Å². The van der Waals surface area contributed by atoms with Gasteiger partial charge < -0.3 is 10.0 Å². The van der Waals surface area contributed by atoms with Crippen LogP contribution >= 0.6 is 0 Å². The molecule has 1 amide bonds. The Morgan fingerprint density at radius 3 is 3.07 bits per heavy atom. The van der Waals surface area contributed by atoms with E-state index < -0.39 is 0 Å². The molecule has 2 saturated heterocycles. The lowest BCUT2D eigenvalue weighted by atomic mass is 10.1. The first-order valence-electron chi connectivity index (χ1n) is 5.36. The number of carbonyl (C=O) groups excluding carboxylic acids is 1. The maximum atomic E-state index is 11.4. The van der Waals surface area contributed by atoms with Crippen molar-refractivity contribution in [1.29, 1.82) is 0 Å². The molecular formula is C10H18N2O2. The SMILES string of the molecule is C[C@@H](O)CN1CCN2C(=O)CCC2C1. The van der Waals surface area contributed by atoms with Crippen molar-refractivity contribution in [3.8, 4) is 0 Å². The highest BCUT2D eigenvalue weighted by atomic mass is 16.3. The molecule has 2 aliphatic rings. The molecule has 2 atom stereocenters. The molecule has 4 heteroatoms. The van der Waals surface area contributed by atoms with Gasteiger partial charge in [0.15, 0.2) is 0 Å². The van der Waals surface area contributed by atoms with Gasteiger partial charge in [0.25, 0.3) is 0 Å². The molecule has 80 valence electrons. The minimum atomic E-state index is -0.265. The van der Waals surface area contributed by atoms with E-state index in [9.17, 15) is 9.90 Å². The minimum Gasteiger partial charge on any atom is -0.392 e. The lowest BCUT2D eigenvalue weighted by Gasteiger charge is -2.37. The van der Waals surface area contributed by atoms with Crippen LogP contribution in [-0.2, 0) is 4.79 Å². The molecule has 0 aromatic rings. The monoisotopic (exact) mass is 198 g/mol. The van der Waals surface area contributed by atoms with Crippen molar-refractivity contribution >= 4 is 5.91 Å². The van der Waals surface area contributed by atoms with Gasteiger partial charge in [-0.2, -0.15) is 0 Å². The quantitative estimate of drug-likeness (QED) is 0.661. The summed E-state index contributed by atoms with van der Waals surface area (Å²) >= 11 is 0. The minimum absolute atomic E-state index is 0.265. The third kappa shape index (κ3) is 1.91. The molecule has 0 aromatic carbocycles. The van der Waals surface area contributed by atoms with Crippen molar-refractivity contribution in [2.45, 2.75) is 31.9 Å². The van der Waals surface area contributed by atoms with E-state index in [-0.39, 0.29) is 6.10 Å². The van der Waals surface area contributed by atoms with Gasteiger partial charge >= 0.3 is 0 Å². The van der Waals surface area contributed by atoms with Gasteiger partial charge in [-0.3, -0.25) is 9.69 Å². The second-order valence-corrected chi connectivity index (χ2v) is 4.39. The van der Waals surface area contributed by atoms with Crippen molar-refractivity contribution in [2.24, 2.45) is 0 Å². The Labute approximate surface area is 84.5 Å². The van der Waals surface area contributed by atoms with Crippen LogP contribution in [-0.4, -0.2) is 59.1 Å². The van der Waals surface area contributed by atoms with Crippen LogP contribution in [0.2, 0.25) is 0 Å². The van der Waals surface area contributed by atoms with Crippen molar-refractivity contribution in [2.75, 3.05) is 26.2 Å². The number of rotatable bonds is 2. The van der Waals surface area contributed by atoms with Crippen molar-refractivity contribution < 1.29 is 9.90 Å². The van der Waals surface area contributed by atoms with E-state index in [4.69, 9.17) is 0 Å². The first-order valence-corrected chi connectivity index (χ1v) is 5.36. The second kappa shape index (κ2) is 3.87. The number of aliphatic hydroxyl groups excluding tert-OH is 1. The standard InChI is InChI=1S/C10H18N2O2/c1-8(13)6-11-4-5-12-9(7-11)2-3-10(12)14/h8-9,13H,2-7H2,1H3/t8-,9?/m1/s1. The van der Waals surface area contributed by atoms with E-state index in [2.05, 4.69) is 4.90 Å². The predicted molar refractivity (Wildman–Crippen MR) is 52.9 cm³/mol. The molecule has 2 aliphatic heterocycles. The fourth-order valence-electron chi connectivity index (χ4n) is 2.47. The summed E-state index contributed by atoms with van der Waals surface area (Å²) in [5, 5.41) is 9.27. The van der Waals surface area contributed by atoms with Crippen LogP contribution in [0, 0.1) is 0 Å². The summed E-state index contributed by atoms with van der Waals surface area (Å²) in [7, 11) is 0. The maximum absolute atomic E-state index is 11.4. The summed E-state index contributed by atoms with van der Waals surface area (Å²) in [4.78, 5) is 15.6. The lowest BCUT2D eigenvalue weighted by Crippen LogP contribution is -2.52. The van der Waals surface area contributed by atoms with Gasteiger partial charge in [-0.15, -0.1) is 0 Å². The first-order chi connectivity index (χ1) is 6.66. The lowest BCUT2D eigenvalue weighted by molar-refractivity contribution is -0.130. The Hall–Kier alpha value is -0.610. The molecule has 4 nitrogen and oxygen atoms in total. The highest BCUT2D eigenvalue weighted by Gasteiger charge is 2.35. The number of hydrogen-bond donors (Lipinski definition) is 1. The molecule has 0 aliphatic carbocycles. The largest absolute Gasteiger partial charge is 0.392 e. The summed E-state index contributed by atoms with van der Waals surface area (Å²) < 4.78 is 0. The third-order valence-electron chi connectivity index (χ3n) is 3.10. The first kappa shape index (κ1) is 9.93. The van der Waals surface area contributed by atoms with Crippen LogP contribution in [0.3, 0.4) is 0 Å². The summed E-state index contributed by atoms with van der Waals surface area (Å²) in [5.41, 5.74) is 0. The van der Waals surface area contributed by atoms with E-state index in [1.807, 2.05) is 11.8 Å². The molecule has 14 heavy (non-hydrogen) atoms. The van der Waals surface area contributed by atoms with Crippen molar-refractivity contribution in [3.05, 3.63) is 0 Å². The van der Waals surface area contributed by atoms with Crippen LogP contribution < -0.4 is 0 Å². The normalized spacial score (nSPS) is 30.6. The molecule has 1 unspecified atom stereocenters. The third-order valence-corrected chi connectivity index (χ3v) is 3.10. The maximum Gasteiger partial charge on any atom is 0.222 e. The molecule has 2 rings (SSSR count). The van der Waals surface area contributed by atoms with Gasteiger partial charge in [-0.05, 0) is 13.3 Å². The summed E-state index contributed by atoms with van der Waals surface area (Å²) in [6.45, 7) is 5.24. The van der Waals surface area contributed by atoms with Gasteiger partial charge in [-0.1, -0.05) is 0 Å². The number of fused-ring (bicyclic) bond motifs is 1. The Morgan fingerprint density at radius 2 is 2.36 bits per heavy atom. The van der Waals surface area contributed by atoms with Gasteiger partial charge in [0, 0.05) is 38.6 Å². The molecule has 2 heterocycles. The molecule has 2 fully saturated rings. The van der Waals surface area contributed by atoms with Crippen LogP contribution in [0.15, 0.2) is 0 Å². The van der Waals surface area contributed by atoms with E-state index >= 15 is 0 Å². The zero-order valence-electron chi connectivity index (χ0n) is 8.65. The number of aliphatic hydroxyl groups is 1. The average Bonchev–Trinajstić information content (AvgIpc) is 2.46. The van der Waals surface area contributed by atoms with Crippen LogP contribution in [0.25, 0.3) is 0 Å². The number of hydrogen-bond acceptors (Lipinski definition) is 3. The summed E-state index contributed by atoms with van der Waals surface area (Å²) in [6.07, 6.45) is 1.45. The molecule has 0 aromatic heterocycles. The van der Waals surface area contributed by atoms with Crippen LogP contribution in [0.5, 0.6) is 0 Å². The molecule has 0 saturated carbocycles. The zero-order chi connectivity index (χ0) is 10.1. The highest BCUT2D eigenvalue weighted by molar-refractivity contribution is 5.78. The number of piperazine rings is 1. The summed E-state index contributed by atoms with van der Waals surface area (Å²) in [6, 6.07) is 0.412. The number of amides is 1. The van der Waals surface area contributed by atoms with Gasteiger partial charge in [0.2, 0.25) is 5.91 Å². The number of carbonyl (C=O) groups is 1. The van der Waals surface area contributed by atoms with Gasteiger partial charge in [0.1, 0.15) is 0 Å². The second-order valence-electron chi connectivity index (χ2n) is 4.39. The molecular weight excluding hydrogens is 180 g/mol. The zero-order valence-corrected chi connectivity index (χ0v) is 8.65. The molecule has 0 radical (unpaired) electrons. The van der Waals surface area contributed by atoms with Crippen LogP contribution in [0.4, 0.5) is 0 Å². The van der Waals surface area contributed by atoms with E-state index in [1.54, 1.807) is 0 Å². The molecule has 1 N–H and O–H groups in total. The number of nitrogens with zero attached hydrogens (tertiary/aromatic N) is 2.